The van der Waals surface area contributed by atoms with Gasteiger partial charge in [0.05, 0.1) is 17.7 Å². The van der Waals surface area contributed by atoms with E-state index < -0.39 is 0 Å². The summed E-state index contributed by atoms with van der Waals surface area (Å²) in [5.74, 6) is 0.731. The zero-order valence-corrected chi connectivity index (χ0v) is 20.2. The number of hydrogen-bond donors (Lipinski definition) is 0. The number of methoxy groups -OCH3 is 1. The van der Waals surface area contributed by atoms with Gasteiger partial charge in [-0.05, 0) is 67.3 Å². The number of amides is 1. The molecule has 3 aromatic carbocycles. The average Bonchev–Trinajstić information content (AvgIpc) is 3.27. The molecule has 0 saturated carbocycles. The average molecular weight is 471 g/mol. The molecule has 0 spiro atoms. The van der Waals surface area contributed by atoms with E-state index in [1.807, 2.05) is 72.8 Å². The van der Waals surface area contributed by atoms with Crippen LogP contribution in [0.2, 0.25) is 0 Å². The molecule has 4 nitrogen and oxygen atoms in total. The quantitative estimate of drug-likeness (QED) is 0.247. The van der Waals surface area contributed by atoms with E-state index in [-0.39, 0.29) is 5.91 Å². The third-order valence-corrected chi connectivity index (χ3v) is 7.19. The molecule has 1 aromatic heterocycles. The molecule has 0 atom stereocenters. The van der Waals surface area contributed by atoms with E-state index in [1.54, 1.807) is 12.0 Å². The second-order valence-corrected chi connectivity index (χ2v) is 9.55. The first-order chi connectivity index (χ1) is 16.0. The molecule has 1 saturated heterocycles. The van der Waals surface area contributed by atoms with Gasteiger partial charge >= 0.3 is 0 Å². The predicted octanol–water partition coefficient (Wildman–Crippen LogP) is 6.66. The molecule has 5 rings (SSSR count). The highest BCUT2D eigenvalue weighted by atomic mass is 32.2. The molecule has 0 unspecified atom stereocenters. The molecule has 0 aliphatic carbocycles. The van der Waals surface area contributed by atoms with Crippen LogP contribution in [0, 0.1) is 13.8 Å². The fourth-order valence-corrected chi connectivity index (χ4v) is 5.56. The largest absolute Gasteiger partial charge is 0.497 e. The van der Waals surface area contributed by atoms with Gasteiger partial charge in [-0.15, -0.1) is 0 Å². The van der Waals surface area contributed by atoms with Crippen LogP contribution < -0.4 is 9.64 Å². The van der Waals surface area contributed by atoms with Crippen LogP contribution in [0.4, 0.5) is 5.69 Å². The van der Waals surface area contributed by atoms with Gasteiger partial charge < -0.3 is 9.30 Å². The van der Waals surface area contributed by atoms with Gasteiger partial charge in [0.1, 0.15) is 5.75 Å². The van der Waals surface area contributed by atoms with E-state index in [2.05, 4.69) is 24.5 Å². The van der Waals surface area contributed by atoms with Crippen LogP contribution in [0.3, 0.4) is 0 Å². The van der Waals surface area contributed by atoms with E-state index in [0.29, 0.717) is 9.23 Å². The number of benzene rings is 3. The highest BCUT2D eigenvalue weighted by Crippen LogP contribution is 2.39. The number of carbonyl (C=O) groups excluding carboxylic acids is 1. The smallest absolute Gasteiger partial charge is 0.270 e. The molecule has 0 N–H and O–H groups in total. The molecule has 0 radical (unpaired) electrons. The van der Waals surface area contributed by atoms with Crippen molar-refractivity contribution in [2.75, 3.05) is 12.0 Å². The van der Waals surface area contributed by atoms with E-state index in [9.17, 15) is 4.79 Å². The first-order valence-corrected chi connectivity index (χ1v) is 11.8. The minimum absolute atomic E-state index is 0.0874. The molecule has 1 fully saturated rings. The number of hydrogen-bond acceptors (Lipinski definition) is 4. The number of thiocarbonyl (C=S) groups is 1. The lowest BCUT2D eigenvalue weighted by molar-refractivity contribution is -0.113. The Kier molecular flexibility index (Phi) is 5.56. The Morgan fingerprint density at radius 2 is 1.70 bits per heavy atom. The maximum absolute atomic E-state index is 13.4. The maximum Gasteiger partial charge on any atom is 0.270 e. The van der Waals surface area contributed by atoms with Gasteiger partial charge in [-0.3, -0.25) is 9.69 Å². The molecule has 1 aliphatic heterocycles. The molecule has 1 amide bonds. The Labute approximate surface area is 202 Å². The van der Waals surface area contributed by atoms with E-state index in [4.69, 9.17) is 17.0 Å². The van der Waals surface area contributed by atoms with Gasteiger partial charge in [0, 0.05) is 22.5 Å². The fraction of sp³-hybridized carbons (Fsp3) is 0.111. The first-order valence-electron chi connectivity index (χ1n) is 10.6. The molecular formula is C27H22N2O2S2. The molecule has 6 heteroatoms. The van der Waals surface area contributed by atoms with Crippen LogP contribution in [0.15, 0.2) is 77.7 Å². The Bertz CT molecular complexity index is 1430. The summed E-state index contributed by atoms with van der Waals surface area (Å²) < 4.78 is 8.00. The van der Waals surface area contributed by atoms with Crippen LogP contribution in [-0.2, 0) is 4.79 Å². The fourth-order valence-electron chi connectivity index (χ4n) is 4.28. The number of fused-ring (bicyclic) bond motifs is 1. The normalized spacial score (nSPS) is 15.1. The molecule has 1 aliphatic rings. The van der Waals surface area contributed by atoms with Crippen LogP contribution in [0.1, 0.15) is 17.0 Å². The number of rotatable bonds is 4. The van der Waals surface area contributed by atoms with Crippen molar-refractivity contribution in [1.82, 2.24) is 4.57 Å². The lowest BCUT2D eigenvalue weighted by atomic mass is 10.1. The van der Waals surface area contributed by atoms with Gasteiger partial charge in [-0.25, -0.2) is 0 Å². The van der Waals surface area contributed by atoms with E-state index in [0.717, 1.165) is 44.8 Å². The summed E-state index contributed by atoms with van der Waals surface area (Å²) in [6, 6.07) is 24.0. The number of aryl methyl sites for hydroxylation is 1. The Hall–Kier alpha value is -3.35. The van der Waals surface area contributed by atoms with Crippen LogP contribution >= 0.6 is 24.0 Å². The predicted molar refractivity (Wildman–Crippen MR) is 141 cm³/mol. The summed E-state index contributed by atoms with van der Waals surface area (Å²) in [6.45, 7) is 4.13. The Morgan fingerprint density at radius 3 is 2.45 bits per heavy atom. The van der Waals surface area contributed by atoms with Crippen molar-refractivity contribution in [1.29, 1.82) is 0 Å². The number of carbonyl (C=O) groups is 1. The van der Waals surface area contributed by atoms with Gasteiger partial charge in [-0.1, -0.05) is 60.4 Å². The van der Waals surface area contributed by atoms with Crippen LogP contribution in [0.25, 0.3) is 22.5 Å². The summed E-state index contributed by atoms with van der Waals surface area (Å²) in [4.78, 5) is 15.7. The minimum atomic E-state index is -0.0874. The summed E-state index contributed by atoms with van der Waals surface area (Å²) in [6.07, 6.45) is 1.95. The highest BCUT2D eigenvalue weighted by molar-refractivity contribution is 8.27. The lowest BCUT2D eigenvalue weighted by Crippen LogP contribution is -2.27. The lowest BCUT2D eigenvalue weighted by Gasteiger charge is -2.17. The Morgan fingerprint density at radius 1 is 0.970 bits per heavy atom. The van der Waals surface area contributed by atoms with Gasteiger partial charge in [0.2, 0.25) is 0 Å². The maximum atomic E-state index is 13.4. The highest BCUT2D eigenvalue weighted by Gasteiger charge is 2.34. The van der Waals surface area contributed by atoms with Crippen molar-refractivity contribution in [2.45, 2.75) is 13.8 Å². The number of aromatic nitrogens is 1. The van der Waals surface area contributed by atoms with E-state index >= 15 is 0 Å². The van der Waals surface area contributed by atoms with Crippen molar-refractivity contribution in [3.8, 4) is 11.4 Å². The molecular weight excluding hydrogens is 448 g/mol. The monoisotopic (exact) mass is 470 g/mol. The molecule has 0 bridgehead atoms. The molecule has 4 aromatic rings. The summed E-state index contributed by atoms with van der Waals surface area (Å²) in [5, 5.41) is 2.09. The minimum Gasteiger partial charge on any atom is -0.497 e. The second-order valence-electron chi connectivity index (χ2n) is 7.88. The number of ether oxygens (including phenoxy) is 1. The molecule has 33 heavy (non-hydrogen) atoms. The first kappa shape index (κ1) is 21.5. The van der Waals surface area contributed by atoms with E-state index in [1.165, 1.54) is 11.8 Å². The summed E-state index contributed by atoms with van der Waals surface area (Å²) in [7, 11) is 1.66. The topological polar surface area (TPSA) is 34.5 Å². The van der Waals surface area contributed by atoms with Gasteiger partial charge in [0.15, 0.2) is 4.32 Å². The number of anilines is 1. The summed E-state index contributed by atoms with van der Waals surface area (Å²) >= 11 is 6.98. The van der Waals surface area contributed by atoms with Crippen molar-refractivity contribution in [2.24, 2.45) is 0 Å². The molecule has 2 heterocycles. The van der Waals surface area contributed by atoms with Crippen molar-refractivity contribution >= 4 is 56.7 Å². The standard InChI is InChI=1S/C27H22N2O2S2/c1-17-15-20(18(2)28(17)21-11-13-22(31-3)14-12-21)16-25-26(30)29(27(32)33-25)24-10-6-8-19-7-4-5-9-23(19)24/h4-16H,1-3H3/b25-16+. The van der Waals surface area contributed by atoms with Crippen molar-refractivity contribution < 1.29 is 9.53 Å². The second kappa shape index (κ2) is 8.54. The Balaban J connectivity index is 1.52. The van der Waals surface area contributed by atoms with Gasteiger partial charge in [0.25, 0.3) is 5.91 Å². The number of thioether (sulfide) groups is 1. The summed E-state index contributed by atoms with van der Waals surface area (Å²) in [5.41, 5.74) is 5.03. The SMILES string of the molecule is COc1ccc(-n2c(C)cc(/C=C3/SC(=S)N(c4cccc5ccccc45)C3=O)c2C)cc1. The zero-order chi connectivity index (χ0) is 23.1. The third-order valence-electron chi connectivity index (χ3n) is 5.89. The molecule has 164 valence electrons. The third kappa shape index (κ3) is 3.75. The van der Waals surface area contributed by atoms with Gasteiger partial charge in [-0.2, -0.15) is 0 Å². The van der Waals surface area contributed by atoms with Crippen LogP contribution in [0.5, 0.6) is 5.75 Å². The zero-order valence-electron chi connectivity index (χ0n) is 18.5. The number of nitrogens with zero attached hydrogens (tertiary/aromatic N) is 2. The van der Waals surface area contributed by atoms with Crippen molar-refractivity contribution in [3.63, 3.8) is 0 Å². The van der Waals surface area contributed by atoms with Crippen molar-refractivity contribution in [3.05, 3.63) is 94.7 Å². The van der Waals surface area contributed by atoms with Crippen LogP contribution in [-0.4, -0.2) is 21.9 Å².